The number of amides is 3. The fourth-order valence-corrected chi connectivity index (χ4v) is 0.869. The minimum absolute atomic E-state index is 0.879. The van der Waals surface area contributed by atoms with Gasteiger partial charge in [0.05, 0.1) is 6.26 Å². The van der Waals surface area contributed by atoms with Crippen LogP contribution in [0.5, 0.6) is 0 Å². The first-order valence-electron chi connectivity index (χ1n) is 4.17. The van der Waals surface area contributed by atoms with Gasteiger partial charge >= 0.3 is 12.1 Å². The van der Waals surface area contributed by atoms with Gasteiger partial charge in [0.25, 0.3) is 0 Å². The van der Waals surface area contributed by atoms with Gasteiger partial charge in [-0.05, 0) is 11.6 Å². The number of nitrogens with one attached hydrogen (secondary N) is 1. The molecule has 15 heavy (non-hydrogen) atoms. The summed E-state index contributed by atoms with van der Waals surface area (Å²) in [6, 6.07) is 8.30. The standard InChI is InChI=1S/C10H10N2O3/c11-9(13)12-10(14)15-7-6-8-4-2-1-3-5-8/h1-7H,(H3,11,12,13,14). The van der Waals surface area contributed by atoms with Crippen LogP contribution in [0.25, 0.3) is 6.08 Å². The Kier molecular flexibility index (Phi) is 3.91. The van der Waals surface area contributed by atoms with Crippen molar-refractivity contribution < 1.29 is 14.3 Å². The van der Waals surface area contributed by atoms with E-state index in [9.17, 15) is 9.59 Å². The normalized spacial score (nSPS) is 9.87. The molecule has 3 amide bonds. The van der Waals surface area contributed by atoms with Crippen molar-refractivity contribution in [2.24, 2.45) is 5.73 Å². The molecule has 0 spiro atoms. The van der Waals surface area contributed by atoms with Crippen LogP contribution in [0.1, 0.15) is 5.56 Å². The quantitative estimate of drug-likeness (QED) is 0.719. The van der Waals surface area contributed by atoms with Crippen molar-refractivity contribution >= 4 is 18.2 Å². The molecule has 0 heterocycles. The number of hydrogen-bond donors (Lipinski definition) is 2. The summed E-state index contributed by atoms with van der Waals surface area (Å²) in [6.45, 7) is 0. The van der Waals surface area contributed by atoms with Crippen LogP contribution in [0.2, 0.25) is 0 Å². The number of alkyl carbamates (subject to hydrolysis) is 1. The van der Waals surface area contributed by atoms with Gasteiger partial charge in [-0.3, -0.25) is 0 Å². The van der Waals surface area contributed by atoms with E-state index in [1.165, 1.54) is 6.26 Å². The highest BCUT2D eigenvalue weighted by molar-refractivity contribution is 5.89. The minimum atomic E-state index is -0.951. The molecule has 3 N–H and O–H groups in total. The maximum Gasteiger partial charge on any atom is 0.420 e. The topological polar surface area (TPSA) is 81.4 Å². The highest BCUT2D eigenvalue weighted by Gasteiger charge is 2.01. The van der Waals surface area contributed by atoms with Gasteiger partial charge in [-0.1, -0.05) is 30.3 Å². The van der Waals surface area contributed by atoms with E-state index in [4.69, 9.17) is 5.73 Å². The number of carbonyl (C=O) groups is 2. The molecule has 1 aromatic rings. The number of primary amides is 1. The van der Waals surface area contributed by atoms with Crippen molar-refractivity contribution in [3.05, 3.63) is 42.2 Å². The Morgan fingerprint density at radius 1 is 1.27 bits per heavy atom. The highest BCUT2D eigenvalue weighted by Crippen LogP contribution is 2.00. The van der Waals surface area contributed by atoms with Crippen molar-refractivity contribution in [3.63, 3.8) is 0 Å². The molecule has 0 aromatic heterocycles. The van der Waals surface area contributed by atoms with Gasteiger partial charge in [0.15, 0.2) is 0 Å². The molecular weight excluding hydrogens is 196 g/mol. The zero-order valence-electron chi connectivity index (χ0n) is 7.84. The van der Waals surface area contributed by atoms with Gasteiger partial charge in [0.1, 0.15) is 0 Å². The van der Waals surface area contributed by atoms with Crippen LogP contribution >= 0.6 is 0 Å². The molecule has 0 atom stereocenters. The molecule has 0 aliphatic carbocycles. The van der Waals surface area contributed by atoms with E-state index in [0.717, 1.165) is 5.56 Å². The zero-order valence-corrected chi connectivity index (χ0v) is 7.84. The van der Waals surface area contributed by atoms with Crippen LogP contribution in [0.15, 0.2) is 36.6 Å². The summed E-state index contributed by atoms with van der Waals surface area (Å²) in [5.74, 6) is 0. The van der Waals surface area contributed by atoms with Gasteiger partial charge in [-0.2, -0.15) is 0 Å². The lowest BCUT2D eigenvalue weighted by Gasteiger charge is -1.97. The lowest BCUT2D eigenvalue weighted by molar-refractivity contribution is 0.185. The predicted molar refractivity (Wildman–Crippen MR) is 54.7 cm³/mol. The molecule has 0 fully saturated rings. The van der Waals surface area contributed by atoms with Crippen LogP contribution < -0.4 is 11.1 Å². The molecule has 5 nitrogen and oxygen atoms in total. The highest BCUT2D eigenvalue weighted by atomic mass is 16.5. The van der Waals surface area contributed by atoms with Crippen molar-refractivity contribution in [3.8, 4) is 0 Å². The van der Waals surface area contributed by atoms with E-state index in [1.54, 1.807) is 11.4 Å². The molecule has 0 aliphatic heterocycles. The van der Waals surface area contributed by atoms with Gasteiger partial charge in [0.2, 0.25) is 0 Å². The Morgan fingerprint density at radius 3 is 2.53 bits per heavy atom. The molecule has 0 saturated carbocycles. The number of nitrogens with two attached hydrogens (primary N) is 1. The predicted octanol–water partition coefficient (Wildman–Crippen LogP) is 1.46. The smallest absolute Gasteiger partial charge is 0.418 e. The van der Waals surface area contributed by atoms with Crippen LogP contribution in [0.3, 0.4) is 0 Å². The number of benzene rings is 1. The number of ether oxygens (including phenoxy) is 1. The fourth-order valence-electron chi connectivity index (χ4n) is 0.869. The lowest BCUT2D eigenvalue weighted by Crippen LogP contribution is -2.34. The van der Waals surface area contributed by atoms with Crippen molar-refractivity contribution in [2.45, 2.75) is 0 Å². The van der Waals surface area contributed by atoms with Gasteiger partial charge in [-0.25, -0.2) is 14.9 Å². The summed E-state index contributed by atoms with van der Waals surface area (Å²) in [5.41, 5.74) is 5.58. The van der Waals surface area contributed by atoms with E-state index >= 15 is 0 Å². The average molecular weight is 206 g/mol. The Balaban J connectivity index is 2.40. The third-order valence-corrected chi connectivity index (χ3v) is 1.46. The minimum Gasteiger partial charge on any atom is -0.418 e. The van der Waals surface area contributed by atoms with Gasteiger partial charge in [0, 0.05) is 0 Å². The van der Waals surface area contributed by atoms with Crippen LogP contribution in [-0.4, -0.2) is 12.1 Å². The molecule has 1 rings (SSSR count). The Labute approximate surface area is 86.5 Å². The zero-order chi connectivity index (χ0) is 11.1. The van der Waals surface area contributed by atoms with E-state index < -0.39 is 12.1 Å². The third-order valence-electron chi connectivity index (χ3n) is 1.46. The maximum absolute atomic E-state index is 10.8. The Hall–Kier alpha value is -2.30. The van der Waals surface area contributed by atoms with E-state index in [2.05, 4.69) is 4.74 Å². The number of carbonyl (C=O) groups excluding carboxylic acids is 2. The Bertz CT molecular complexity index is 374. The largest absolute Gasteiger partial charge is 0.420 e. The van der Waals surface area contributed by atoms with Crippen molar-refractivity contribution in [2.75, 3.05) is 0 Å². The number of imide groups is 1. The summed E-state index contributed by atoms with van der Waals surface area (Å²) in [4.78, 5) is 21.0. The number of urea groups is 1. The first kappa shape index (κ1) is 10.8. The van der Waals surface area contributed by atoms with Crippen LogP contribution in [0, 0.1) is 0 Å². The second-order valence-electron chi connectivity index (χ2n) is 2.61. The molecular formula is C10H10N2O3. The second-order valence-corrected chi connectivity index (χ2v) is 2.61. The lowest BCUT2D eigenvalue weighted by atomic mass is 10.2. The second kappa shape index (κ2) is 5.43. The van der Waals surface area contributed by atoms with E-state index in [-0.39, 0.29) is 0 Å². The molecule has 0 bridgehead atoms. The number of rotatable bonds is 2. The molecule has 1 aromatic carbocycles. The Morgan fingerprint density at radius 2 is 1.93 bits per heavy atom. The third kappa shape index (κ3) is 4.47. The first-order valence-corrected chi connectivity index (χ1v) is 4.17. The monoisotopic (exact) mass is 206 g/mol. The van der Waals surface area contributed by atoms with Gasteiger partial charge in [-0.15, -0.1) is 0 Å². The average Bonchev–Trinajstić information content (AvgIpc) is 2.18. The van der Waals surface area contributed by atoms with Gasteiger partial charge < -0.3 is 10.5 Å². The fraction of sp³-hybridized carbons (Fsp3) is 0. The van der Waals surface area contributed by atoms with Crippen LogP contribution in [-0.2, 0) is 4.74 Å². The number of hydrogen-bond acceptors (Lipinski definition) is 3. The molecule has 5 heteroatoms. The maximum atomic E-state index is 10.8. The summed E-state index contributed by atoms with van der Waals surface area (Å²) in [7, 11) is 0. The molecule has 0 radical (unpaired) electrons. The van der Waals surface area contributed by atoms with E-state index in [1.807, 2.05) is 30.3 Å². The molecule has 0 unspecified atom stereocenters. The van der Waals surface area contributed by atoms with Crippen LogP contribution in [0.4, 0.5) is 9.59 Å². The van der Waals surface area contributed by atoms with E-state index in [0.29, 0.717) is 0 Å². The summed E-state index contributed by atoms with van der Waals surface area (Å²) in [6.07, 6.45) is 1.85. The molecule has 0 aliphatic rings. The summed E-state index contributed by atoms with van der Waals surface area (Å²) >= 11 is 0. The SMILES string of the molecule is NC(=O)NC(=O)OC=Cc1ccccc1. The molecule has 78 valence electrons. The van der Waals surface area contributed by atoms with Crippen molar-refractivity contribution in [1.29, 1.82) is 0 Å². The van der Waals surface area contributed by atoms with Crippen molar-refractivity contribution in [1.82, 2.24) is 5.32 Å². The molecule has 0 saturated heterocycles. The first-order chi connectivity index (χ1) is 7.18. The summed E-state index contributed by atoms with van der Waals surface area (Å²) in [5, 5.41) is 1.76. The summed E-state index contributed by atoms with van der Waals surface area (Å²) < 4.78 is 4.53.